The fourth-order valence-electron chi connectivity index (χ4n) is 1.55. The molecule has 0 aromatic heterocycles. The number of primary amides is 1. The van der Waals surface area contributed by atoms with E-state index in [1.165, 1.54) is 38.5 Å². The predicted octanol–water partition coefficient (Wildman–Crippen LogP) is -0.182. The van der Waals surface area contributed by atoms with Crippen molar-refractivity contribution in [1.82, 2.24) is 4.31 Å². The van der Waals surface area contributed by atoms with Gasteiger partial charge in [0.15, 0.2) is 0 Å². The van der Waals surface area contributed by atoms with Gasteiger partial charge < -0.3 is 15.2 Å². The first-order chi connectivity index (χ1) is 9.41. The van der Waals surface area contributed by atoms with E-state index in [1.54, 1.807) is 0 Å². The van der Waals surface area contributed by atoms with Crippen LogP contribution in [0.2, 0.25) is 0 Å². The van der Waals surface area contributed by atoms with E-state index in [4.69, 9.17) is 15.2 Å². The Labute approximate surface area is 118 Å². The number of ether oxygens (including phenoxy) is 2. The molecule has 0 heterocycles. The van der Waals surface area contributed by atoms with Crippen molar-refractivity contribution in [2.75, 3.05) is 33.9 Å². The number of nitrogens with two attached hydrogens (primary N) is 1. The van der Waals surface area contributed by atoms with Gasteiger partial charge in [-0.2, -0.15) is 4.31 Å². The van der Waals surface area contributed by atoms with Crippen molar-refractivity contribution in [2.45, 2.75) is 4.90 Å². The lowest BCUT2D eigenvalue weighted by molar-refractivity contribution is -0.118. The van der Waals surface area contributed by atoms with E-state index in [2.05, 4.69) is 0 Å². The number of amides is 1. The third kappa shape index (κ3) is 4.19. The summed E-state index contributed by atoms with van der Waals surface area (Å²) in [5.74, 6) is -0.180. The molecule has 1 rings (SSSR count). The second-order valence-corrected chi connectivity index (χ2v) is 5.91. The Morgan fingerprint density at radius 1 is 1.25 bits per heavy atom. The molecule has 0 spiro atoms. The number of rotatable bonds is 8. The summed E-state index contributed by atoms with van der Waals surface area (Å²) in [7, 11) is -0.862. The summed E-state index contributed by atoms with van der Waals surface area (Å²) in [4.78, 5) is 11.1. The van der Waals surface area contributed by atoms with E-state index in [0.717, 1.165) is 4.31 Å². The van der Waals surface area contributed by atoms with Crippen LogP contribution < -0.4 is 10.5 Å². The van der Waals surface area contributed by atoms with Crippen LogP contribution in [0.15, 0.2) is 29.2 Å². The number of hydrogen-bond donors (Lipinski definition) is 1. The van der Waals surface area contributed by atoms with Crippen molar-refractivity contribution in [3.63, 3.8) is 0 Å². The summed E-state index contributed by atoms with van der Waals surface area (Å²) < 4.78 is 35.6. The SMILES string of the molecule is COCCN(CC(N)=O)S(=O)(=O)c1ccc(OC)cc1. The van der Waals surface area contributed by atoms with Gasteiger partial charge in [-0.1, -0.05) is 0 Å². The van der Waals surface area contributed by atoms with Gasteiger partial charge in [0, 0.05) is 13.7 Å². The van der Waals surface area contributed by atoms with Crippen LogP contribution in [0.1, 0.15) is 0 Å². The van der Waals surface area contributed by atoms with Gasteiger partial charge in [-0.05, 0) is 24.3 Å². The zero-order valence-electron chi connectivity index (χ0n) is 11.4. The van der Waals surface area contributed by atoms with E-state index in [-0.39, 0.29) is 18.0 Å². The molecule has 0 unspecified atom stereocenters. The molecule has 20 heavy (non-hydrogen) atoms. The Kier molecular flexibility index (Phi) is 5.93. The Balaban J connectivity index is 3.03. The van der Waals surface area contributed by atoms with Gasteiger partial charge in [-0.3, -0.25) is 4.79 Å². The van der Waals surface area contributed by atoms with Gasteiger partial charge in [0.1, 0.15) is 5.75 Å². The molecule has 0 atom stereocenters. The Morgan fingerprint density at radius 2 is 1.85 bits per heavy atom. The first-order valence-electron chi connectivity index (χ1n) is 5.83. The minimum Gasteiger partial charge on any atom is -0.497 e. The zero-order valence-corrected chi connectivity index (χ0v) is 12.2. The van der Waals surface area contributed by atoms with Gasteiger partial charge in [0.25, 0.3) is 0 Å². The molecule has 1 aromatic carbocycles. The third-order valence-electron chi connectivity index (χ3n) is 2.57. The fourth-order valence-corrected chi connectivity index (χ4v) is 2.94. The molecule has 0 saturated heterocycles. The highest BCUT2D eigenvalue weighted by Crippen LogP contribution is 2.19. The van der Waals surface area contributed by atoms with Crippen molar-refractivity contribution in [1.29, 1.82) is 0 Å². The summed E-state index contributed by atoms with van der Waals surface area (Å²) in [5.41, 5.74) is 5.08. The van der Waals surface area contributed by atoms with Crippen molar-refractivity contribution >= 4 is 15.9 Å². The van der Waals surface area contributed by atoms with Crippen LogP contribution in [0.3, 0.4) is 0 Å². The molecule has 0 aliphatic rings. The van der Waals surface area contributed by atoms with Crippen LogP contribution in [0.4, 0.5) is 0 Å². The van der Waals surface area contributed by atoms with E-state index < -0.39 is 22.5 Å². The van der Waals surface area contributed by atoms with Crippen molar-refractivity contribution in [3.05, 3.63) is 24.3 Å². The van der Waals surface area contributed by atoms with Crippen molar-refractivity contribution in [3.8, 4) is 5.75 Å². The standard InChI is InChI=1S/C12H18N2O5S/c1-18-8-7-14(9-12(13)15)20(16,17)11-5-3-10(19-2)4-6-11/h3-6H,7-9H2,1-2H3,(H2,13,15). The smallest absolute Gasteiger partial charge is 0.243 e. The number of carbonyl (C=O) groups is 1. The molecule has 2 N–H and O–H groups in total. The highest BCUT2D eigenvalue weighted by molar-refractivity contribution is 7.89. The average molecular weight is 302 g/mol. The van der Waals surface area contributed by atoms with E-state index in [1.807, 2.05) is 0 Å². The van der Waals surface area contributed by atoms with E-state index >= 15 is 0 Å². The maximum atomic E-state index is 12.4. The summed E-state index contributed by atoms with van der Waals surface area (Å²) in [5, 5.41) is 0. The Morgan fingerprint density at radius 3 is 2.30 bits per heavy atom. The molecular formula is C12H18N2O5S. The monoisotopic (exact) mass is 302 g/mol. The highest BCUT2D eigenvalue weighted by Gasteiger charge is 2.25. The number of hydrogen-bond acceptors (Lipinski definition) is 5. The number of sulfonamides is 1. The summed E-state index contributed by atoms with van der Waals surface area (Å²) >= 11 is 0. The minimum absolute atomic E-state index is 0.0494. The second-order valence-electron chi connectivity index (χ2n) is 3.97. The van der Waals surface area contributed by atoms with Gasteiger partial charge in [-0.25, -0.2) is 8.42 Å². The van der Waals surface area contributed by atoms with Gasteiger partial charge in [0.05, 0.1) is 25.2 Å². The van der Waals surface area contributed by atoms with Crippen LogP contribution in [0.25, 0.3) is 0 Å². The second kappa shape index (κ2) is 7.22. The first kappa shape index (κ1) is 16.4. The Bertz CT molecular complexity index is 541. The average Bonchev–Trinajstić information content (AvgIpc) is 2.43. The molecule has 0 bridgehead atoms. The van der Waals surface area contributed by atoms with Crippen LogP contribution in [-0.2, 0) is 19.6 Å². The largest absolute Gasteiger partial charge is 0.497 e. The number of nitrogens with zero attached hydrogens (tertiary/aromatic N) is 1. The topological polar surface area (TPSA) is 98.9 Å². The molecule has 0 fully saturated rings. The van der Waals surface area contributed by atoms with Crippen LogP contribution in [-0.4, -0.2) is 52.5 Å². The molecular weight excluding hydrogens is 284 g/mol. The quantitative estimate of drug-likeness (QED) is 0.718. The lowest BCUT2D eigenvalue weighted by Crippen LogP contribution is -2.40. The van der Waals surface area contributed by atoms with Gasteiger partial charge in [-0.15, -0.1) is 0 Å². The molecule has 0 saturated carbocycles. The third-order valence-corrected chi connectivity index (χ3v) is 4.43. The lowest BCUT2D eigenvalue weighted by Gasteiger charge is -2.20. The summed E-state index contributed by atoms with van der Waals surface area (Å²) in [6, 6.07) is 5.89. The van der Waals surface area contributed by atoms with Crippen molar-refractivity contribution in [2.24, 2.45) is 5.73 Å². The first-order valence-corrected chi connectivity index (χ1v) is 7.27. The summed E-state index contributed by atoms with van der Waals surface area (Å²) in [6.07, 6.45) is 0. The lowest BCUT2D eigenvalue weighted by atomic mass is 10.3. The zero-order chi connectivity index (χ0) is 15.2. The van der Waals surface area contributed by atoms with Gasteiger partial charge in [0.2, 0.25) is 15.9 Å². The molecule has 0 radical (unpaired) electrons. The maximum absolute atomic E-state index is 12.4. The van der Waals surface area contributed by atoms with Gasteiger partial charge >= 0.3 is 0 Å². The molecule has 0 aliphatic heterocycles. The van der Waals surface area contributed by atoms with E-state index in [9.17, 15) is 13.2 Å². The number of benzene rings is 1. The summed E-state index contributed by atoms with van der Waals surface area (Å²) in [6.45, 7) is -0.172. The van der Waals surface area contributed by atoms with Crippen LogP contribution in [0.5, 0.6) is 5.75 Å². The minimum atomic E-state index is -3.80. The van der Waals surface area contributed by atoms with Crippen molar-refractivity contribution < 1.29 is 22.7 Å². The normalized spacial score (nSPS) is 11.6. The molecule has 7 nitrogen and oxygen atoms in total. The van der Waals surface area contributed by atoms with Crippen LogP contribution >= 0.6 is 0 Å². The molecule has 1 aromatic rings. The Hall–Kier alpha value is -1.64. The predicted molar refractivity (Wildman–Crippen MR) is 72.8 cm³/mol. The molecule has 1 amide bonds. The highest BCUT2D eigenvalue weighted by atomic mass is 32.2. The number of methoxy groups -OCH3 is 2. The maximum Gasteiger partial charge on any atom is 0.243 e. The molecule has 0 aliphatic carbocycles. The fraction of sp³-hybridized carbons (Fsp3) is 0.417. The molecule has 8 heteroatoms. The molecule has 112 valence electrons. The number of carbonyl (C=O) groups excluding carboxylic acids is 1. The van der Waals surface area contributed by atoms with Crippen LogP contribution in [0, 0.1) is 0 Å². The van der Waals surface area contributed by atoms with E-state index in [0.29, 0.717) is 5.75 Å².